The molecule has 1 aromatic carbocycles. The fraction of sp³-hybridized carbons (Fsp3) is 0.571. The van der Waals surface area contributed by atoms with E-state index in [4.69, 9.17) is 15.2 Å². The van der Waals surface area contributed by atoms with E-state index >= 15 is 0 Å². The average Bonchev–Trinajstić information content (AvgIpc) is 2.86. The van der Waals surface area contributed by atoms with E-state index in [1.165, 1.54) is 5.56 Å². The Kier molecular flexibility index (Phi) is 4.58. The molecule has 0 saturated carbocycles. The molecule has 1 aromatic rings. The molecule has 1 aliphatic rings. The molecule has 1 fully saturated rings. The lowest BCUT2D eigenvalue weighted by atomic mass is 10.1. The van der Waals surface area contributed by atoms with Crippen LogP contribution in [0.3, 0.4) is 0 Å². The van der Waals surface area contributed by atoms with Crippen LogP contribution >= 0.6 is 0 Å². The minimum absolute atomic E-state index is 0.386. The number of nitrogens with two attached hydrogens (primary N) is 1. The van der Waals surface area contributed by atoms with Crippen molar-refractivity contribution in [3.8, 4) is 5.75 Å². The maximum Gasteiger partial charge on any atom is 0.123 e. The summed E-state index contributed by atoms with van der Waals surface area (Å²) in [6, 6.07) is 6.25. The summed E-state index contributed by atoms with van der Waals surface area (Å²) in [4.78, 5) is 2.41. The molecule has 4 nitrogen and oxygen atoms in total. The Morgan fingerprint density at radius 2 is 2.22 bits per heavy atom. The normalized spacial score (nSPS) is 20.3. The lowest BCUT2D eigenvalue weighted by Crippen LogP contribution is -2.22. The number of rotatable bonds is 5. The first-order valence-electron chi connectivity index (χ1n) is 6.37. The highest BCUT2D eigenvalue weighted by atomic mass is 16.5. The van der Waals surface area contributed by atoms with Crippen molar-refractivity contribution in [3.63, 3.8) is 0 Å². The first-order chi connectivity index (χ1) is 8.76. The van der Waals surface area contributed by atoms with E-state index in [0.717, 1.165) is 37.4 Å². The van der Waals surface area contributed by atoms with Gasteiger partial charge in [-0.2, -0.15) is 0 Å². The van der Waals surface area contributed by atoms with Crippen LogP contribution in [0.5, 0.6) is 5.75 Å². The van der Waals surface area contributed by atoms with Crippen molar-refractivity contribution in [3.05, 3.63) is 29.3 Å². The summed E-state index contributed by atoms with van der Waals surface area (Å²) < 4.78 is 10.7. The molecule has 0 bridgehead atoms. The van der Waals surface area contributed by atoms with Gasteiger partial charge in [-0.25, -0.2) is 0 Å². The molecule has 18 heavy (non-hydrogen) atoms. The molecule has 4 heteroatoms. The van der Waals surface area contributed by atoms with Crippen LogP contribution in [0, 0.1) is 0 Å². The van der Waals surface area contributed by atoms with Gasteiger partial charge in [0.05, 0.1) is 13.2 Å². The highest BCUT2D eigenvalue weighted by molar-refractivity contribution is 5.37. The molecule has 2 rings (SSSR count). The topological polar surface area (TPSA) is 47.7 Å². The number of nitrogens with zero attached hydrogens (tertiary/aromatic N) is 1. The molecule has 2 N–H and O–H groups in total. The van der Waals surface area contributed by atoms with Crippen molar-refractivity contribution in [1.82, 2.24) is 4.90 Å². The van der Waals surface area contributed by atoms with Crippen molar-refractivity contribution in [2.45, 2.75) is 25.6 Å². The minimum atomic E-state index is 0.386. The predicted molar refractivity (Wildman–Crippen MR) is 71.6 cm³/mol. The largest absolute Gasteiger partial charge is 0.496 e. The zero-order valence-corrected chi connectivity index (χ0v) is 11.2. The van der Waals surface area contributed by atoms with Crippen LogP contribution in [0.2, 0.25) is 0 Å². The van der Waals surface area contributed by atoms with Gasteiger partial charge in [-0.3, -0.25) is 4.90 Å². The molecular formula is C14H22N2O2. The Bertz CT molecular complexity index is 395. The summed E-state index contributed by atoms with van der Waals surface area (Å²) in [6.07, 6.45) is 1.51. The zero-order chi connectivity index (χ0) is 13.0. The number of likely N-dealkylation sites (tertiary alicyclic amines) is 1. The van der Waals surface area contributed by atoms with Gasteiger partial charge in [0.15, 0.2) is 0 Å². The van der Waals surface area contributed by atoms with Gasteiger partial charge in [-0.05, 0) is 24.1 Å². The second kappa shape index (κ2) is 6.18. The summed E-state index contributed by atoms with van der Waals surface area (Å²) in [7, 11) is 3.46. The van der Waals surface area contributed by atoms with Crippen LogP contribution in [-0.2, 0) is 17.8 Å². The van der Waals surface area contributed by atoms with Gasteiger partial charge in [0.25, 0.3) is 0 Å². The van der Waals surface area contributed by atoms with Crippen LogP contribution in [0.25, 0.3) is 0 Å². The summed E-state index contributed by atoms with van der Waals surface area (Å²) >= 11 is 0. The fourth-order valence-corrected chi connectivity index (χ4v) is 2.48. The first kappa shape index (κ1) is 13.3. The van der Waals surface area contributed by atoms with Crippen LogP contribution in [0.15, 0.2) is 18.2 Å². The molecule has 0 aliphatic carbocycles. The molecule has 1 atom stereocenters. The van der Waals surface area contributed by atoms with E-state index in [1.54, 1.807) is 14.2 Å². The maximum atomic E-state index is 5.73. The van der Waals surface area contributed by atoms with Crippen LogP contribution in [0.4, 0.5) is 0 Å². The lowest BCUT2D eigenvalue weighted by Gasteiger charge is -2.17. The molecule has 0 aromatic heterocycles. The Labute approximate surface area is 109 Å². The molecule has 1 heterocycles. The summed E-state index contributed by atoms with van der Waals surface area (Å²) in [5.41, 5.74) is 8.09. The van der Waals surface area contributed by atoms with Gasteiger partial charge in [-0.1, -0.05) is 6.07 Å². The Hall–Kier alpha value is -1.10. The highest BCUT2D eigenvalue weighted by Crippen LogP contribution is 2.21. The molecule has 0 spiro atoms. The van der Waals surface area contributed by atoms with E-state index in [-0.39, 0.29) is 0 Å². The van der Waals surface area contributed by atoms with Gasteiger partial charge in [-0.15, -0.1) is 0 Å². The average molecular weight is 250 g/mol. The van der Waals surface area contributed by atoms with Crippen molar-refractivity contribution < 1.29 is 9.47 Å². The molecule has 1 unspecified atom stereocenters. The number of ether oxygens (including phenoxy) is 2. The van der Waals surface area contributed by atoms with Crippen LogP contribution < -0.4 is 10.5 Å². The Morgan fingerprint density at radius 3 is 2.83 bits per heavy atom. The second-order valence-electron chi connectivity index (χ2n) is 4.73. The molecule has 0 amide bonds. The SMILES string of the molecule is COc1ccc(CN2CCC(OC)C2)cc1CN. The predicted octanol–water partition coefficient (Wildman–Crippen LogP) is 1.37. The van der Waals surface area contributed by atoms with E-state index in [9.17, 15) is 0 Å². The monoisotopic (exact) mass is 250 g/mol. The number of benzene rings is 1. The number of hydrogen-bond donors (Lipinski definition) is 1. The van der Waals surface area contributed by atoms with Gasteiger partial charge < -0.3 is 15.2 Å². The van der Waals surface area contributed by atoms with Crippen LogP contribution in [0.1, 0.15) is 17.5 Å². The molecule has 0 radical (unpaired) electrons. The van der Waals surface area contributed by atoms with Crippen molar-refractivity contribution in [2.24, 2.45) is 5.73 Å². The summed E-state index contributed by atoms with van der Waals surface area (Å²) in [5.74, 6) is 0.873. The molecule has 1 aliphatic heterocycles. The lowest BCUT2D eigenvalue weighted by molar-refractivity contribution is 0.107. The summed E-state index contributed by atoms with van der Waals surface area (Å²) in [6.45, 7) is 3.58. The molecular weight excluding hydrogens is 228 g/mol. The van der Waals surface area contributed by atoms with E-state index < -0.39 is 0 Å². The Balaban J connectivity index is 2.01. The second-order valence-corrected chi connectivity index (χ2v) is 4.73. The number of hydrogen-bond acceptors (Lipinski definition) is 4. The van der Waals surface area contributed by atoms with Gasteiger partial charge in [0.1, 0.15) is 5.75 Å². The maximum absolute atomic E-state index is 5.73. The van der Waals surface area contributed by atoms with Crippen molar-refractivity contribution >= 4 is 0 Å². The van der Waals surface area contributed by atoms with Crippen LogP contribution in [-0.4, -0.2) is 38.3 Å². The summed E-state index contributed by atoms with van der Waals surface area (Å²) in [5, 5.41) is 0. The quantitative estimate of drug-likeness (QED) is 0.857. The van der Waals surface area contributed by atoms with Gasteiger partial charge >= 0.3 is 0 Å². The smallest absolute Gasteiger partial charge is 0.123 e. The molecule has 1 saturated heterocycles. The van der Waals surface area contributed by atoms with E-state index in [1.807, 2.05) is 6.07 Å². The zero-order valence-electron chi connectivity index (χ0n) is 11.2. The van der Waals surface area contributed by atoms with Gasteiger partial charge in [0, 0.05) is 38.9 Å². The van der Waals surface area contributed by atoms with Gasteiger partial charge in [0.2, 0.25) is 0 Å². The van der Waals surface area contributed by atoms with Crippen molar-refractivity contribution in [2.75, 3.05) is 27.3 Å². The number of methoxy groups -OCH3 is 2. The third-order valence-electron chi connectivity index (χ3n) is 3.53. The highest BCUT2D eigenvalue weighted by Gasteiger charge is 2.21. The standard InChI is InChI=1S/C14H22N2O2/c1-17-13-5-6-16(10-13)9-11-3-4-14(18-2)12(7-11)8-15/h3-4,7,13H,5-6,8-10,15H2,1-2H3. The van der Waals surface area contributed by atoms with Crippen molar-refractivity contribution in [1.29, 1.82) is 0 Å². The fourth-order valence-electron chi connectivity index (χ4n) is 2.48. The third-order valence-corrected chi connectivity index (χ3v) is 3.53. The third kappa shape index (κ3) is 3.02. The van der Waals surface area contributed by atoms with E-state index in [0.29, 0.717) is 12.6 Å². The molecule has 100 valence electrons. The first-order valence-corrected chi connectivity index (χ1v) is 6.37. The minimum Gasteiger partial charge on any atom is -0.496 e. The van der Waals surface area contributed by atoms with E-state index in [2.05, 4.69) is 17.0 Å². The Morgan fingerprint density at radius 1 is 1.39 bits per heavy atom.